The molecule has 1 saturated heterocycles. The Kier molecular flexibility index (Phi) is 5.15. The number of carbonyl (C=O) groups is 2. The lowest BCUT2D eigenvalue weighted by Crippen LogP contribution is -2.66. The van der Waals surface area contributed by atoms with Crippen molar-refractivity contribution in [2.24, 2.45) is 0 Å². The second kappa shape index (κ2) is 7.49. The molecule has 0 spiro atoms. The van der Waals surface area contributed by atoms with Gasteiger partial charge in [-0.2, -0.15) is 0 Å². The number of H-pyrrole nitrogens is 1. The van der Waals surface area contributed by atoms with Crippen molar-refractivity contribution in [2.45, 2.75) is 44.8 Å². The fourth-order valence-electron chi connectivity index (χ4n) is 3.04. The molecular weight excluding hydrogens is 304 g/mol. The Morgan fingerprint density at radius 3 is 2.79 bits per heavy atom. The summed E-state index contributed by atoms with van der Waals surface area (Å²) in [4.78, 5) is 27.6. The molecule has 0 aliphatic carbocycles. The number of rotatable bonds is 7. The van der Waals surface area contributed by atoms with Crippen LogP contribution in [0.3, 0.4) is 0 Å². The first-order chi connectivity index (χ1) is 11.7. The molecule has 2 atom stereocenters. The normalized spacial score (nSPS) is 20.9. The molecule has 2 aromatic rings. The first-order valence-corrected chi connectivity index (χ1v) is 8.58. The molecule has 0 bridgehead atoms. The fourth-order valence-corrected chi connectivity index (χ4v) is 3.04. The number of piperazine rings is 1. The zero-order valence-corrected chi connectivity index (χ0v) is 13.9. The van der Waals surface area contributed by atoms with Gasteiger partial charge in [0.15, 0.2) is 6.17 Å². The maximum absolute atomic E-state index is 12.2. The molecule has 1 aliphatic heterocycles. The maximum atomic E-state index is 12.2. The quantitative estimate of drug-likeness (QED) is 0.580. The molecule has 1 aromatic carbocycles. The number of nitrogens with one attached hydrogen (secondary N) is 4. The van der Waals surface area contributed by atoms with Gasteiger partial charge in [-0.1, -0.05) is 31.5 Å². The van der Waals surface area contributed by atoms with E-state index in [2.05, 4.69) is 33.9 Å². The predicted octanol–water partition coefficient (Wildman–Crippen LogP) is 1.43. The Labute approximate surface area is 141 Å². The van der Waals surface area contributed by atoms with Crippen LogP contribution in [0.15, 0.2) is 30.5 Å². The van der Waals surface area contributed by atoms with E-state index in [0.717, 1.165) is 36.9 Å². The predicted molar refractivity (Wildman–Crippen MR) is 93.4 cm³/mol. The minimum absolute atomic E-state index is 0.122. The number of aromatic amines is 1. The van der Waals surface area contributed by atoms with Gasteiger partial charge in [0.2, 0.25) is 5.91 Å². The molecule has 6 nitrogen and oxygen atoms in total. The Morgan fingerprint density at radius 2 is 1.96 bits per heavy atom. The first-order valence-electron chi connectivity index (χ1n) is 8.58. The van der Waals surface area contributed by atoms with E-state index in [9.17, 15) is 9.59 Å². The molecule has 1 aromatic heterocycles. The number of para-hydroxylation sites is 1. The van der Waals surface area contributed by atoms with Gasteiger partial charge in [0, 0.05) is 17.1 Å². The number of unbranched alkanes of at least 4 members (excludes halogenated alkanes) is 1. The van der Waals surface area contributed by atoms with Crippen LogP contribution in [0, 0.1) is 0 Å². The van der Waals surface area contributed by atoms with Crippen LogP contribution in [-0.2, 0) is 16.0 Å². The molecule has 2 heterocycles. The minimum atomic E-state index is -0.617. The monoisotopic (exact) mass is 328 g/mol. The summed E-state index contributed by atoms with van der Waals surface area (Å²) in [7, 11) is 0. The van der Waals surface area contributed by atoms with E-state index in [-0.39, 0.29) is 11.8 Å². The summed E-state index contributed by atoms with van der Waals surface area (Å²) in [5.74, 6) is -0.280. The summed E-state index contributed by atoms with van der Waals surface area (Å²) in [5, 5.41) is 9.84. The minimum Gasteiger partial charge on any atom is -0.361 e. The van der Waals surface area contributed by atoms with Crippen molar-refractivity contribution in [2.75, 3.05) is 6.54 Å². The van der Waals surface area contributed by atoms with Crippen molar-refractivity contribution in [3.05, 3.63) is 36.0 Å². The van der Waals surface area contributed by atoms with Crippen molar-refractivity contribution in [3.63, 3.8) is 0 Å². The van der Waals surface area contributed by atoms with Gasteiger partial charge in [-0.3, -0.25) is 14.9 Å². The van der Waals surface area contributed by atoms with Crippen molar-refractivity contribution < 1.29 is 9.59 Å². The molecule has 3 rings (SSSR count). The summed E-state index contributed by atoms with van der Waals surface area (Å²) in [5.41, 5.74) is 2.25. The number of amides is 2. The molecule has 1 fully saturated rings. The van der Waals surface area contributed by atoms with E-state index < -0.39 is 12.2 Å². The van der Waals surface area contributed by atoms with Crippen molar-refractivity contribution >= 4 is 22.7 Å². The molecule has 0 radical (unpaired) electrons. The summed E-state index contributed by atoms with van der Waals surface area (Å²) in [6.45, 7) is 2.80. The number of hydrogen-bond donors (Lipinski definition) is 4. The van der Waals surface area contributed by atoms with Crippen LogP contribution in [-0.4, -0.2) is 35.6 Å². The van der Waals surface area contributed by atoms with Gasteiger partial charge < -0.3 is 15.6 Å². The van der Waals surface area contributed by atoms with E-state index in [4.69, 9.17) is 0 Å². The first kappa shape index (κ1) is 16.5. The summed E-state index contributed by atoms with van der Waals surface area (Å²) >= 11 is 0. The summed E-state index contributed by atoms with van der Waals surface area (Å²) < 4.78 is 0. The van der Waals surface area contributed by atoms with E-state index in [1.165, 1.54) is 5.39 Å². The Morgan fingerprint density at radius 1 is 1.12 bits per heavy atom. The average Bonchev–Trinajstić information content (AvgIpc) is 3.00. The van der Waals surface area contributed by atoms with Crippen LogP contribution < -0.4 is 16.0 Å². The van der Waals surface area contributed by atoms with Crippen LogP contribution >= 0.6 is 0 Å². The number of hydrogen-bond acceptors (Lipinski definition) is 3. The lowest BCUT2D eigenvalue weighted by molar-refractivity contribution is -0.137. The van der Waals surface area contributed by atoms with Crippen molar-refractivity contribution in [1.29, 1.82) is 0 Å². The summed E-state index contributed by atoms with van der Waals surface area (Å²) in [6, 6.07) is 7.61. The van der Waals surface area contributed by atoms with E-state index in [1.54, 1.807) is 0 Å². The van der Waals surface area contributed by atoms with Gasteiger partial charge in [-0.15, -0.1) is 0 Å². The van der Waals surface area contributed by atoms with Crippen molar-refractivity contribution in [1.82, 2.24) is 20.9 Å². The van der Waals surface area contributed by atoms with Crippen LogP contribution in [0.25, 0.3) is 10.9 Å². The third-order valence-corrected chi connectivity index (χ3v) is 4.44. The third-order valence-electron chi connectivity index (χ3n) is 4.44. The molecule has 24 heavy (non-hydrogen) atoms. The lowest BCUT2D eigenvalue weighted by atomic mass is 10.0. The largest absolute Gasteiger partial charge is 0.361 e. The Bertz CT molecular complexity index is 725. The summed E-state index contributed by atoms with van der Waals surface area (Å²) in [6.07, 6.45) is 4.69. The molecule has 0 unspecified atom stereocenters. The maximum Gasteiger partial charge on any atom is 0.258 e. The third kappa shape index (κ3) is 3.59. The highest BCUT2D eigenvalue weighted by molar-refractivity contribution is 5.96. The number of benzene rings is 1. The topological polar surface area (TPSA) is 86.0 Å². The standard InChI is InChI=1S/C18H24N4O2/c1-2-3-10-19-16-18(24)21-15(17(23)22-16)9-8-12-11-20-14-7-5-4-6-13(12)14/h4-7,11,15-16,19-20H,2-3,8-10H2,1H3,(H,21,24)(H,22,23)/t15-,16+/m1/s1. The number of carbonyl (C=O) groups excluding carboxylic acids is 2. The van der Waals surface area contributed by atoms with Crippen LogP contribution in [0.2, 0.25) is 0 Å². The zero-order chi connectivity index (χ0) is 16.9. The Balaban J connectivity index is 1.56. The SMILES string of the molecule is CCCCN[C@H]1NC(=O)[C@@H](CCc2c[nH]c3ccccc23)NC1=O. The highest BCUT2D eigenvalue weighted by atomic mass is 16.2. The molecule has 0 saturated carbocycles. The fraction of sp³-hybridized carbons (Fsp3) is 0.444. The van der Waals surface area contributed by atoms with Crippen LogP contribution in [0.1, 0.15) is 31.7 Å². The second-order valence-electron chi connectivity index (χ2n) is 6.21. The van der Waals surface area contributed by atoms with Crippen LogP contribution in [0.4, 0.5) is 0 Å². The van der Waals surface area contributed by atoms with Gasteiger partial charge in [-0.05, 0) is 37.4 Å². The Hall–Kier alpha value is -2.34. The number of fused-ring (bicyclic) bond motifs is 1. The zero-order valence-electron chi connectivity index (χ0n) is 13.9. The molecule has 6 heteroatoms. The second-order valence-corrected chi connectivity index (χ2v) is 6.21. The van der Waals surface area contributed by atoms with Gasteiger partial charge >= 0.3 is 0 Å². The van der Waals surface area contributed by atoms with Gasteiger partial charge in [-0.25, -0.2) is 0 Å². The highest BCUT2D eigenvalue weighted by Crippen LogP contribution is 2.19. The number of aromatic nitrogens is 1. The highest BCUT2D eigenvalue weighted by Gasteiger charge is 2.32. The van der Waals surface area contributed by atoms with Crippen LogP contribution in [0.5, 0.6) is 0 Å². The van der Waals surface area contributed by atoms with E-state index in [0.29, 0.717) is 6.42 Å². The number of aryl methyl sites for hydroxylation is 1. The van der Waals surface area contributed by atoms with Crippen molar-refractivity contribution in [3.8, 4) is 0 Å². The van der Waals surface area contributed by atoms with Gasteiger partial charge in [0.05, 0.1) is 0 Å². The molecule has 2 amide bonds. The lowest BCUT2D eigenvalue weighted by Gasteiger charge is -2.30. The van der Waals surface area contributed by atoms with E-state index >= 15 is 0 Å². The molecule has 4 N–H and O–H groups in total. The molecular formula is C18H24N4O2. The smallest absolute Gasteiger partial charge is 0.258 e. The molecule has 1 aliphatic rings. The molecule has 128 valence electrons. The van der Waals surface area contributed by atoms with Gasteiger partial charge in [0.25, 0.3) is 5.91 Å². The van der Waals surface area contributed by atoms with Gasteiger partial charge in [0.1, 0.15) is 6.04 Å². The van der Waals surface area contributed by atoms with E-state index in [1.807, 2.05) is 24.4 Å². The average molecular weight is 328 g/mol.